The molecule has 1 aromatic rings. The van der Waals surface area contributed by atoms with Crippen LogP contribution in [0.1, 0.15) is 42.1 Å². The molecule has 1 amide bonds. The molecule has 20 heavy (non-hydrogen) atoms. The molecule has 0 atom stereocenters. The molecule has 1 saturated carbocycles. The lowest BCUT2D eigenvalue weighted by Crippen LogP contribution is -2.51. The molecule has 1 aromatic carbocycles. The van der Waals surface area contributed by atoms with Gasteiger partial charge < -0.3 is 10.4 Å². The lowest BCUT2D eigenvalue weighted by Gasteiger charge is -2.39. The van der Waals surface area contributed by atoms with Crippen LogP contribution >= 0.6 is 0 Å². The standard InChI is InChI=1S/C15H16FNO3/c1-15(7-2-8-15)17-14(20)11-5-3-10(9-12(11)16)4-6-13(18)19/h3-6,9H,2,7-8H2,1H3,(H,17,20)(H,18,19)/b6-4+. The van der Waals surface area contributed by atoms with Crippen molar-refractivity contribution in [2.45, 2.75) is 31.7 Å². The monoisotopic (exact) mass is 277 g/mol. The van der Waals surface area contributed by atoms with Crippen LogP contribution in [0.5, 0.6) is 0 Å². The van der Waals surface area contributed by atoms with E-state index in [-0.39, 0.29) is 11.1 Å². The first-order valence-corrected chi connectivity index (χ1v) is 6.43. The number of nitrogens with one attached hydrogen (secondary N) is 1. The third-order valence-corrected chi connectivity index (χ3v) is 3.53. The molecule has 0 heterocycles. The van der Waals surface area contributed by atoms with E-state index in [9.17, 15) is 14.0 Å². The van der Waals surface area contributed by atoms with Crippen molar-refractivity contribution in [3.05, 3.63) is 41.2 Å². The Bertz CT molecular complexity index is 576. The zero-order chi connectivity index (χ0) is 14.8. The summed E-state index contributed by atoms with van der Waals surface area (Å²) in [5, 5.41) is 11.3. The number of hydrogen-bond donors (Lipinski definition) is 2. The van der Waals surface area contributed by atoms with Crippen LogP contribution in [0, 0.1) is 5.82 Å². The third-order valence-electron chi connectivity index (χ3n) is 3.53. The highest BCUT2D eigenvalue weighted by molar-refractivity contribution is 5.95. The molecule has 0 spiro atoms. The van der Waals surface area contributed by atoms with Gasteiger partial charge in [-0.2, -0.15) is 0 Å². The number of carbonyl (C=O) groups excluding carboxylic acids is 1. The second kappa shape index (κ2) is 5.45. The van der Waals surface area contributed by atoms with Crippen LogP contribution in [0.4, 0.5) is 4.39 Å². The van der Waals surface area contributed by atoms with E-state index < -0.39 is 17.7 Å². The van der Waals surface area contributed by atoms with Gasteiger partial charge in [-0.25, -0.2) is 9.18 Å². The molecule has 0 radical (unpaired) electrons. The Balaban J connectivity index is 2.12. The fourth-order valence-corrected chi connectivity index (χ4v) is 2.16. The Kier molecular flexibility index (Phi) is 3.88. The summed E-state index contributed by atoms with van der Waals surface area (Å²) in [6.07, 6.45) is 5.07. The lowest BCUT2D eigenvalue weighted by atomic mass is 9.78. The van der Waals surface area contributed by atoms with E-state index in [1.54, 1.807) is 0 Å². The average Bonchev–Trinajstić information content (AvgIpc) is 2.34. The Morgan fingerprint density at radius 2 is 2.10 bits per heavy atom. The largest absolute Gasteiger partial charge is 0.478 e. The SMILES string of the molecule is CC1(NC(=O)c2ccc(/C=C/C(=O)O)cc2F)CCC1. The van der Waals surface area contributed by atoms with Crippen LogP contribution < -0.4 is 5.32 Å². The number of carbonyl (C=O) groups is 2. The molecule has 0 bridgehead atoms. The van der Waals surface area contributed by atoms with Crippen LogP contribution in [-0.4, -0.2) is 22.5 Å². The van der Waals surface area contributed by atoms with E-state index in [4.69, 9.17) is 5.11 Å². The van der Waals surface area contributed by atoms with Crippen LogP contribution in [0.3, 0.4) is 0 Å². The van der Waals surface area contributed by atoms with E-state index in [1.165, 1.54) is 18.2 Å². The van der Waals surface area contributed by atoms with Gasteiger partial charge in [-0.3, -0.25) is 4.79 Å². The molecular formula is C15H16FNO3. The number of halogens is 1. The minimum absolute atomic E-state index is 0.0226. The van der Waals surface area contributed by atoms with Gasteiger partial charge in [0.1, 0.15) is 5.82 Å². The van der Waals surface area contributed by atoms with Gasteiger partial charge in [0.2, 0.25) is 0 Å². The molecular weight excluding hydrogens is 261 g/mol. The fraction of sp³-hybridized carbons (Fsp3) is 0.333. The van der Waals surface area contributed by atoms with Crippen molar-refractivity contribution in [2.75, 3.05) is 0 Å². The number of amides is 1. The summed E-state index contributed by atoms with van der Waals surface area (Å²) >= 11 is 0. The molecule has 0 unspecified atom stereocenters. The highest BCUT2D eigenvalue weighted by Gasteiger charge is 2.33. The second-order valence-electron chi connectivity index (χ2n) is 5.28. The fourth-order valence-electron chi connectivity index (χ4n) is 2.16. The van der Waals surface area contributed by atoms with Gasteiger partial charge in [0, 0.05) is 11.6 Å². The van der Waals surface area contributed by atoms with Crippen LogP contribution in [-0.2, 0) is 4.79 Å². The number of benzene rings is 1. The predicted octanol–water partition coefficient (Wildman–Crippen LogP) is 2.60. The molecule has 0 aromatic heterocycles. The molecule has 5 heteroatoms. The zero-order valence-electron chi connectivity index (χ0n) is 11.1. The van der Waals surface area contributed by atoms with E-state index in [1.807, 2.05) is 6.92 Å². The second-order valence-corrected chi connectivity index (χ2v) is 5.28. The summed E-state index contributed by atoms with van der Waals surface area (Å²) in [6.45, 7) is 1.94. The zero-order valence-corrected chi connectivity index (χ0v) is 11.1. The van der Waals surface area contributed by atoms with Gasteiger partial charge in [0.05, 0.1) is 5.56 Å². The highest BCUT2D eigenvalue weighted by Crippen LogP contribution is 2.31. The number of rotatable bonds is 4. The minimum Gasteiger partial charge on any atom is -0.478 e. The van der Waals surface area contributed by atoms with Crippen molar-refractivity contribution in [1.29, 1.82) is 0 Å². The van der Waals surface area contributed by atoms with Crippen molar-refractivity contribution >= 4 is 18.0 Å². The van der Waals surface area contributed by atoms with Gasteiger partial charge in [0.15, 0.2) is 0 Å². The third kappa shape index (κ3) is 3.23. The Morgan fingerprint density at radius 3 is 2.60 bits per heavy atom. The molecule has 1 aliphatic rings. The van der Waals surface area contributed by atoms with Crippen molar-refractivity contribution in [3.63, 3.8) is 0 Å². The van der Waals surface area contributed by atoms with E-state index in [0.29, 0.717) is 5.56 Å². The Labute approximate surface area is 116 Å². The number of carboxylic acid groups (broad SMARTS) is 1. The minimum atomic E-state index is -1.11. The molecule has 4 nitrogen and oxygen atoms in total. The highest BCUT2D eigenvalue weighted by atomic mass is 19.1. The number of aliphatic carboxylic acids is 1. The summed E-state index contributed by atoms with van der Waals surface area (Å²) in [5.74, 6) is -2.19. The lowest BCUT2D eigenvalue weighted by molar-refractivity contribution is -0.131. The first kappa shape index (κ1) is 14.2. The van der Waals surface area contributed by atoms with Crippen molar-refractivity contribution in [3.8, 4) is 0 Å². The molecule has 1 fully saturated rings. The van der Waals surface area contributed by atoms with Gasteiger partial charge in [-0.1, -0.05) is 6.07 Å². The first-order valence-electron chi connectivity index (χ1n) is 6.43. The quantitative estimate of drug-likeness (QED) is 0.831. The first-order chi connectivity index (χ1) is 9.39. The number of carboxylic acids is 1. The van der Waals surface area contributed by atoms with Crippen molar-refractivity contribution in [1.82, 2.24) is 5.32 Å². The van der Waals surface area contributed by atoms with Gasteiger partial charge in [-0.05, 0) is 50.0 Å². The Hall–Kier alpha value is -2.17. The molecule has 2 rings (SSSR count). The summed E-state index contributed by atoms with van der Waals surface area (Å²) in [5.41, 5.74) is 0.146. The maximum atomic E-state index is 13.9. The summed E-state index contributed by atoms with van der Waals surface area (Å²) < 4.78 is 13.9. The molecule has 2 N–H and O–H groups in total. The Morgan fingerprint density at radius 1 is 1.40 bits per heavy atom. The van der Waals surface area contributed by atoms with Gasteiger partial charge in [-0.15, -0.1) is 0 Å². The molecule has 106 valence electrons. The number of hydrogen-bond acceptors (Lipinski definition) is 2. The summed E-state index contributed by atoms with van der Waals surface area (Å²) in [7, 11) is 0. The van der Waals surface area contributed by atoms with Crippen molar-refractivity contribution < 1.29 is 19.1 Å². The van der Waals surface area contributed by atoms with Crippen LogP contribution in [0.25, 0.3) is 6.08 Å². The predicted molar refractivity (Wildman–Crippen MR) is 72.8 cm³/mol. The van der Waals surface area contributed by atoms with Crippen molar-refractivity contribution in [2.24, 2.45) is 0 Å². The van der Waals surface area contributed by atoms with E-state index in [2.05, 4.69) is 5.32 Å². The van der Waals surface area contributed by atoms with E-state index in [0.717, 1.165) is 31.4 Å². The molecule has 1 aliphatic carbocycles. The normalized spacial score (nSPS) is 16.7. The van der Waals surface area contributed by atoms with E-state index >= 15 is 0 Å². The maximum absolute atomic E-state index is 13.9. The summed E-state index contributed by atoms with van der Waals surface area (Å²) in [4.78, 5) is 22.4. The van der Waals surface area contributed by atoms with Crippen LogP contribution in [0.15, 0.2) is 24.3 Å². The van der Waals surface area contributed by atoms with Crippen LogP contribution in [0.2, 0.25) is 0 Å². The van der Waals surface area contributed by atoms with Gasteiger partial charge >= 0.3 is 5.97 Å². The smallest absolute Gasteiger partial charge is 0.328 e. The summed E-state index contributed by atoms with van der Waals surface area (Å²) in [6, 6.07) is 4.03. The molecule has 0 saturated heterocycles. The maximum Gasteiger partial charge on any atom is 0.328 e. The topological polar surface area (TPSA) is 66.4 Å². The van der Waals surface area contributed by atoms with Gasteiger partial charge in [0.25, 0.3) is 5.91 Å². The average molecular weight is 277 g/mol. The molecule has 0 aliphatic heterocycles.